The molecule has 2 aromatic carbocycles. The fourth-order valence-electron chi connectivity index (χ4n) is 4.93. The zero-order valence-corrected chi connectivity index (χ0v) is 19.8. The van der Waals surface area contributed by atoms with Crippen molar-refractivity contribution in [3.05, 3.63) is 48.3 Å². The number of halogens is 1. The highest BCUT2D eigenvalue weighted by atomic mass is 19.1. The molecule has 34 heavy (non-hydrogen) atoms. The average Bonchev–Trinajstić information content (AvgIpc) is 3.22. The van der Waals surface area contributed by atoms with Crippen molar-refractivity contribution in [2.24, 2.45) is 0 Å². The second-order valence-electron chi connectivity index (χ2n) is 8.83. The van der Waals surface area contributed by atoms with E-state index in [1.807, 2.05) is 36.1 Å². The van der Waals surface area contributed by atoms with Crippen LogP contribution in [0.4, 0.5) is 15.8 Å². The van der Waals surface area contributed by atoms with Gasteiger partial charge in [-0.2, -0.15) is 0 Å². The van der Waals surface area contributed by atoms with Gasteiger partial charge in [-0.05, 0) is 49.7 Å². The van der Waals surface area contributed by atoms with E-state index in [0.29, 0.717) is 44.1 Å². The van der Waals surface area contributed by atoms with Crippen molar-refractivity contribution >= 4 is 17.3 Å². The van der Waals surface area contributed by atoms with Crippen LogP contribution in [-0.4, -0.2) is 62.7 Å². The van der Waals surface area contributed by atoms with Crippen molar-refractivity contribution in [2.75, 3.05) is 43.2 Å². The molecule has 8 heteroatoms. The van der Waals surface area contributed by atoms with Crippen molar-refractivity contribution in [3.63, 3.8) is 0 Å². The predicted molar refractivity (Wildman–Crippen MR) is 129 cm³/mol. The van der Waals surface area contributed by atoms with E-state index in [4.69, 9.17) is 14.2 Å². The number of benzene rings is 2. The molecule has 0 spiro atoms. The maximum atomic E-state index is 14.3. The van der Waals surface area contributed by atoms with Crippen molar-refractivity contribution in [1.82, 2.24) is 0 Å². The zero-order chi connectivity index (χ0) is 24.1. The number of carboxylic acids is 1. The Morgan fingerprint density at radius 3 is 2.44 bits per heavy atom. The molecule has 2 saturated heterocycles. The molecule has 1 N–H and O–H groups in total. The monoisotopic (exact) mass is 472 g/mol. The van der Waals surface area contributed by atoms with Gasteiger partial charge in [0.05, 0.1) is 25.3 Å². The maximum Gasteiger partial charge on any atom is 0.305 e. The molecule has 2 aliphatic rings. The Kier molecular flexibility index (Phi) is 7.77. The summed E-state index contributed by atoms with van der Waals surface area (Å²) in [6.45, 7) is 4.67. The molecular formula is C26H33FN2O5. The number of aliphatic carboxylic acids is 1. The number of rotatable bonds is 9. The van der Waals surface area contributed by atoms with Gasteiger partial charge in [-0.3, -0.25) is 4.79 Å². The highest BCUT2D eigenvalue weighted by molar-refractivity contribution is 5.69. The standard InChI is InChI=1S/C26H33FN2O5/c1-3-33-23-14-19(15-26(30)31)29(17-23)18-4-6-20(7-5-18)34-21-10-12-28(13-11-21)25-16-22(32-2)8-9-24(25)27/h4-9,16,19,21,23H,3,10-15,17H2,1-2H3,(H,30,31)/t19-,23-/m1/s1. The smallest absolute Gasteiger partial charge is 0.305 e. The third kappa shape index (κ3) is 5.73. The van der Waals surface area contributed by atoms with Crippen LogP contribution in [0.25, 0.3) is 0 Å². The Morgan fingerprint density at radius 2 is 1.79 bits per heavy atom. The van der Waals surface area contributed by atoms with Crippen molar-refractivity contribution in [3.8, 4) is 11.5 Å². The predicted octanol–water partition coefficient (Wildman–Crippen LogP) is 4.34. The van der Waals surface area contributed by atoms with Crippen LogP contribution in [-0.2, 0) is 9.53 Å². The van der Waals surface area contributed by atoms with E-state index in [-0.39, 0.29) is 30.5 Å². The lowest BCUT2D eigenvalue weighted by molar-refractivity contribution is -0.137. The third-order valence-corrected chi connectivity index (χ3v) is 6.60. The van der Waals surface area contributed by atoms with Crippen molar-refractivity contribution in [2.45, 2.75) is 50.9 Å². The number of methoxy groups -OCH3 is 1. The minimum Gasteiger partial charge on any atom is -0.497 e. The lowest BCUT2D eigenvalue weighted by Crippen LogP contribution is -2.38. The molecule has 0 bridgehead atoms. The number of nitrogens with zero attached hydrogens (tertiary/aromatic N) is 2. The van der Waals surface area contributed by atoms with Gasteiger partial charge in [-0.15, -0.1) is 0 Å². The number of anilines is 2. The number of hydrogen-bond acceptors (Lipinski definition) is 6. The Hall–Kier alpha value is -3.00. The minimum absolute atomic E-state index is 0.0462. The lowest BCUT2D eigenvalue weighted by Gasteiger charge is -2.34. The van der Waals surface area contributed by atoms with E-state index >= 15 is 0 Å². The Morgan fingerprint density at radius 1 is 1.09 bits per heavy atom. The van der Waals surface area contributed by atoms with Crippen LogP contribution in [0.5, 0.6) is 11.5 Å². The van der Waals surface area contributed by atoms with Gasteiger partial charge in [-0.1, -0.05) is 0 Å². The van der Waals surface area contributed by atoms with Crippen LogP contribution >= 0.6 is 0 Å². The molecule has 2 fully saturated rings. The van der Waals surface area contributed by atoms with Gasteiger partial charge in [0.1, 0.15) is 23.4 Å². The molecule has 0 radical (unpaired) electrons. The Balaban J connectivity index is 1.34. The normalized spacial score (nSPS) is 21.0. The first-order valence-corrected chi connectivity index (χ1v) is 11.9. The molecule has 0 saturated carbocycles. The molecule has 0 unspecified atom stereocenters. The molecule has 0 aliphatic carbocycles. The molecular weight excluding hydrogens is 439 g/mol. The van der Waals surface area contributed by atoms with Gasteiger partial charge in [0.25, 0.3) is 0 Å². The highest BCUT2D eigenvalue weighted by Crippen LogP contribution is 2.32. The summed E-state index contributed by atoms with van der Waals surface area (Å²) in [4.78, 5) is 15.5. The van der Waals surface area contributed by atoms with Crippen LogP contribution in [0.2, 0.25) is 0 Å². The fraction of sp³-hybridized carbons (Fsp3) is 0.500. The molecule has 2 aromatic rings. The number of carboxylic acid groups (broad SMARTS) is 1. The van der Waals surface area contributed by atoms with Crippen LogP contribution in [0, 0.1) is 5.82 Å². The van der Waals surface area contributed by atoms with Crippen molar-refractivity contribution in [1.29, 1.82) is 0 Å². The van der Waals surface area contributed by atoms with Crippen LogP contribution in [0.1, 0.15) is 32.6 Å². The summed E-state index contributed by atoms with van der Waals surface area (Å²) in [6.07, 6.45) is 2.50. The van der Waals surface area contributed by atoms with E-state index in [1.165, 1.54) is 6.07 Å². The largest absolute Gasteiger partial charge is 0.497 e. The number of hydrogen-bond donors (Lipinski definition) is 1. The number of ether oxygens (including phenoxy) is 3. The molecule has 4 rings (SSSR count). The molecule has 2 heterocycles. The first-order valence-electron chi connectivity index (χ1n) is 11.9. The van der Waals surface area contributed by atoms with Gasteiger partial charge in [-0.25, -0.2) is 4.39 Å². The first kappa shape index (κ1) is 24.1. The van der Waals surface area contributed by atoms with Crippen LogP contribution in [0.3, 0.4) is 0 Å². The molecule has 0 amide bonds. The van der Waals surface area contributed by atoms with E-state index in [1.54, 1.807) is 19.2 Å². The number of carbonyl (C=O) groups is 1. The fourth-order valence-corrected chi connectivity index (χ4v) is 4.93. The topological polar surface area (TPSA) is 71.5 Å². The summed E-state index contributed by atoms with van der Waals surface area (Å²) in [5.41, 5.74) is 1.54. The second-order valence-corrected chi connectivity index (χ2v) is 8.83. The van der Waals surface area contributed by atoms with Crippen LogP contribution < -0.4 is 19.3 Å². The first-order chi connectivity index (χ1) is 16.5. The van der Waals surface area contributed by atoms with E-state index in [9.17, 15) is 14.3 Å². The summed E-state index contributed by atoms with van der Waals surface area (Å²) >= 11 is 0. The summed E-state index contributed by atoms with van der Waals surface area (Å²) in [7, 11) is 1.58. The molecule has 2 aliphatic heterocycles. The van der Waals surface area contributed by atoms with Gasteiger partial charge in [0, 0.05) is 56.9 Å². The average molecular weight is 473 g/mol. The quantitative estimate of drug-likeness (QED) is 0.582. The summed E-state index contributed by atoms with van der Waals surface area (Å²) < 4.78 is 31.5. The summed E-state index contributed by atoms with van der Waals surface area (Å²) in [5, 5.41) is 9.30. The highest BCUT2D eigenvalue weighted by Gasteiger charge is 2.34. The minimum atomic E-state index is -0.799. The van der Waals surface area contributed by atoms with Gasteiger partial charge >= 0.3 is 5.97 Å². The summed E-state index contributed by atoms with van der Waals surface area (Å²) in [5.74, 6) is 0.383. The lowest BCUT2D eigenvalue weighted by atomic mass is 10.1. The van der Waals surface area contributed by atoms with Crippen LogP contribution in [0.15, 0.2) is 42.5 Å². The third-order valence-electron chi connectivity index (χ3n) is 6.60. The second kappa shape index (κ2) is 11.0. The molecule has 2 atom stereocenters. The Labute approximate surface area is 200 Å². The van der Waals surface area contributed by atoms with Crippen molar-refractivity contribution < 1.29 is 28.5 Å². The molecule has 7 nitrogen and oxygen atoms in total. The zero-order valence-electron chi connectivity index (χ0n) is 19.8. The molecule has 0 aromatic heterocycles. The molecule has 184 valence electrons. The van der Waals surface area contributed by atoms with E-state index in [2.05, 4.69) is 4.90 Å². The number of piperidine rings is 1. The maximum absolute atomic E-state index is 14.3. The van der Waals surface area contributed by atoms with E-state index < -0.39 is 5.97 Å². The van der Waals surface area contributed by atoms with Gasteiger partial charge in [0.15, 0.2) is 0 Å². The SMILES string of the molecule is CCO[C@@H]1C[C@H](CC(=O)O)N(c2ccc(OC3CCN(c4cc(OC)ccc4F)CC3)cc2)C1. The Bertz CT molecular complexity index is 962. The summed E-state index contributed by atoms with van der Waals surface area (Å²) in [6, 6.07) is 12.6. The van der Waals surface area contributed by atoms with Gasteiger partial charge in [0.2, 0.25) is 0 Å². The van der Waals surface area contributed by atoms with Gasteiger partial charge < -0.3 is 29.1 Å². The van der Waals surface area contributed by atoms with E-state index in [0.717, 1.165) is 24.3 Å².